The Morgan fingerprint density at radius 1 is 1.13 bits per heavy atom. The van der Waals surface area contributed by atoms with Crippen LogP contribution in [0.25, 0.3) is 0 Å². The number of halogens is 1. The van der Waals surface area contributed by atoms with Gasteiger partial charge in [0.2, 0.25) is 11.8 Å². The molecule has 2 fully saturated rings. The van der Waals surface area contributed by atoms with Crippen LogP contribution in [0.5, 0.6) is 0 Å². The van der Waals surface area contributed by atoms with Gasteiger partial charge in [-0.25, -0.2) is 0 Å². The molecule has 2 amide bonds. The van der Waals surface area contributed by atoms with Crippen molar-refractivity contribution in [2.45, 2.75) is 51.9 Å². The van der Waals surface area contributed by atoms with Crippen molar-refractivity contribution in [1.29, 1.82) is 0 Å². The molecule has 23 heavy (non-hydrogen) atoms. The van der Waals surface area contributed by atoms with Gasteiger partial charge in [-0.2, -0.15) is 0 Å². The largest absolute Gasteiger partial charge is 0.356 e. The van der Waals surface area contributed by atoms with Crippen LogP contribution in [-0.2, 0) is 9.59 Å². The first kappa shape index (κ1) is 20.2. The molecule has 0 bridgehead atoms. The van der Waals surface area contributed by atoms with E-state index < -0.39 is 0 Å². The third-order valence-electron chi connectivity index (χ3n) is 4.90. The average Bonchev–Trinajstić information content (AvgIpc) is 2.59. The topological polar surface area (TPSA) is 61.4 Å². The van der Waals surface area contributed by atoms with Crippen molar-refractivity contribution in [1.82, 2.24) is 15.5 Å². The van der Waals surface area contributed by atoms with E-state index in [9.17, 15) is 9.59 Å². The van der Waals surface area contributed by atoms with Gasteiger partial charge in [0, 0.05) is 32.1 Å². The van der Waals surface area contributed by atoms with Crippen LogP contribution in [0, 0.1) is 11.8 Å². The SMILES string of the molecule is CCCCCNC(=O)C1CCN(C(=O)C2CCCNC2)CC1.Cl. The van der Waals surface area contributed by atoms with Crippen LogP contribution in [0.4, 0.5) is 0 Å². The normalized spacial score (nSPS) is 22.3. The highest BCUT2D eigenvalue weighted by atomic mass is 35.5. The molecule has 0 aromatic rings. The highest BCUT2D eigenvalue weighted by molar-refractivity contribution is 5.85. The van der Waals surface area contributed by atoms with Crippen LogP contribution in [0.15, 0.2) is 0 Å². The van der Waals surface area contributed by atoms with Crippen LogP contribution in [0.2, 0.25) is 0 Å². The number of piperidine rings is 2. The van der Waals surface area contributed by atoms with Gasteiger partial charge in [0.05, 0.1) is 5.92 Å². The summed E-state index contributed by atoms with van der Waals surface area (Å²) in [5.74, 6) is 0.708. The summed E-state index contributed by atoms with van der Waals surface area (Å²) in [5, 5.41) is 6.35. The minimum atomic E-state index is 0. The van der Waals surface area contributed by atoms with Crippen molar-refractivity contribution in [3.8, 4) is 0 Å². The van der Waals surface area contributed by atoms with Gasteiger partial charge < -0.3 is 15.5 Å². The highest BCUT2D eigenvalue weighted by Gasteiger charge is 2.31. The maximum atomic E-state index is 12.5. The molecule has 0 radical (unpaired) electrons. The van der Waals surface area contributed by atoms with Gasteiger partial charge in [0.1, 0.15) is 0 Å². The maximum absolute atomic E-state index is 12.5. The molecule has 1 unspecified atom stereocenters. The van der Waals surface area contributed by atoms with E-state index in [1.54, 1.807) is 0 Å². The van der Waals surface area contributed by atoms with Crippen LogP contribution in [0.3, 0.4) is 0 Å². The van der Waals surface area contributed by atoms with Gasteiger partial charge in [0.25, 0.3) is 0 Å². The second-order valence-electron chi connectivity index (χ2n) is 6.64. The smallest absolute Gasteiger partial charge is 0.226 e. The first-order chi connectivity index (χ1) is 10.7. The molecule has 6 heteroatoms. The molecule has 2 heterocycles. The maximum Gasteiger partial charge on any atom is 0.226 e. The molecular weight excluding hydrogens is 314 g/mol. The number of carbonyl (C=O) groups excluding carboxylic acids is 2. The summed E-state index contributed by atoms with van der Waals surface area (Å²) >= 11 is 0. The molecule has 2 aliphatic rings. The fourth-order valence-corrected chi connectivity index (χ4v) is 3.41. The minimum absolute atomic E-state index is 0. The number of rotatable bonds is 6. The van der Waals surface area contributed by atoms with Crippen molar-refractivity contribution >= 4 is 24.2 Å². The van der Waals surface area contributed by atoms with Gasteiger partial charge in [-0.05, 0) is 38.6 Å². The van der Waals surface area contributed by atoms with Crippen LogP contribution in [0.1, 0.15) is 51.9 Å². The number of nitrogens with one attached hydrogen (secondary N) is 2. The Kier molecular flexibility index (Phi) is 9.56. The second kappa shape index (κ2) is 10.9. The predicted octanol–water partition coefficient (Wildman–Crippen LogP) is 1.95. The highest BCUT2D eigenvalue weighted by Crippen LogP contribution is 2.21. The van der Waals surface area contributed by atoms with Gasteiger partial charge in [-0.15, -0.1) is 12.4 Å². The second-order valence-corrected chi connectivity index (χ2v) is 6.64. The first-order valence-electron chi connectivity index (χ1n) is 8.99. The Labute approximate surface area is 146 Å². The Morgan fingerprint density at radius 2 is 1.87 bits per heavy atom. The average molecular weight is 346 g/mol. The minimum Gasteiger partial charge on any atom is -0.356 e. The molecule has 0 saturated carbocycles. The van der Waals surface area contributed by atoms with Crippen molar-refractivity contribution in [3.05, 3.63) is 0 Å². The molecule has 0 spiro atoms. The zero-order valence-electron chi connectivity index (χ0n) is 14.3. The molecule has 5 nitrogen and oxygen atoms in total. The lowest BCUT2D eigenvalue weighted by molar-refractivity contribution is -0.139. The summed E-state index contributed by atoms with van der Waals surface area (Å²) in [5.41, 5.74) is 0. The van der Waals surface area contributed by atoms with Crippen molar-refractivity contribution in [2.75, 3.05) is 32.7 Å². The Hall–Kier alpha value is -0.810. The molecular formula is C17H32ClN3O2. The summed E-state index contributed by atoms with van der Waals surface area (Å²) in [6, 6.07) is 0. The Morgan fingerprint density at radius 3 is 2.48 bits per heavy atom. The lowest BCUT2D eigenvalue weighted by atomic mass is 9.93. The molecule has 2 saturated heterocycles. The lowest BCUT2D eigenvalue weighted by Crippen LogP contribution is -2.47. The zero-order chi connectivity index (χ0) is 15.8. The molecule has 0 aromatic heterocycles. The molecule has 2 N–H and O–H groups in total. The Bertz CT molecular complexity index is 365. The number of likely N-dealkylation sites (tertiary alicyclic amines) is 1. The van der Waals surface area contributed by atoms with E-state index in [0.717, 1.165) is 64.8 Å². The molecule has 0 aromatic carbocycles. The number of hydrogen-bond donors (Lipinski definition) is 2. The quantitative estimate of drug-likeness (QED) is 0.723. The van der Waals surface area contributed by atoms with Gasteiger partial charge in [-0.3, -0.25) is 9.59 Å². The Balaban J connectivity index is 0.00000264. The number of hydrogen-bond acceptors (Lipinski definition) is 3. The molecule has 0 aliphatic carbocycles. The number of amides is 2. The molecule has 1 atom stereocenters. The van der Waals surface area contributed by atoms with Crippen LogP contribution >= 0.6 is 12.4 Å². The zero-order valence-corrected chi connectivity index (χ0v) is 15.1. The first-order valence-corrected chi connectivity index (χ1v) is 8.99. The van der Waals surface area contributed by atoms with E-state index in [4.69, 9.17) is 0 Å². The van der Waals surface area contributed by atoms with Gasteiger partial charge >= 0.3 is 0 Å². The fourth-order valence-electron chi connectivity index (χ4n) is 3.41. The van der Waals surface area contributed by atoms with Crippen LogP contribution < -0.4 is 10.6 Å². The van der Waals surface area contributed by atoms with E-state index >= 15 is 0 Å². The predicted molar refractivity (Wildman–Crippen MR) is 94.7 cm³/mol. The third kappa shape index (κ3) is 6.30. The number of unbranched alkanes of at least 4 members (excludes halogenated alkanes) is 2. The standard InChI is InChI=1S/C17H31N3O2.ClH/c1-2-3-4-10-19-16(21)14-7-11-20(12-8-14)17(22)15-6-5-9-18-13-15;/h14-15,18H,2-13H2,1H3,(H,19,21);1H. The van der Waals surface area contributed by atoms with Crippen molar-refractivity contribution in [3.63, 3.8) is 0 Å². The van der Waals surface area contributed by atoms with E-state index in [-0.39, 0.29) is 36.1 Å². The van der Waals surface area contributed by atoms with Crippen LogP contribution in [-0.4, -0.2) is 49.4 Å². The van der Waals surface area contributed by atoms with E-state index in [1.807, 2.05) is 4.90 Å². The number of carbonyl (C=O) groups is 2. The molecule has 134 valence electrons. The van der Waals surface area contributed by atoms with Gasteiger partial charge in [0.15, 0.2) is 0 Å². The summed E-state index contributed by atoms with van der Waals surface area (Å²) in [7, 11) is 0. The fraction of sp³-hybridized carbons (Fsp3) is 0.882. The lowest BCUT2D eigenvalue weighted by Gasteiger charge is -2.34. The summed E-state index contributed by atoms with van der Waals surface area (Å²) in [4.78, 5) is 26.5. The third-order valence-corrected chi connectivity index (χ3v) is 4.90. The summed E-state index contributed by atoms with van der Waals surface area (Å²) < 4.78 is 0. The van der Waals surface area contributed by atoms with Gasteiger partial charge in [-0.1, -0.05) is 19.8 Å². The summed E-state index contributed by atoms with van der Waals surface area (Å²) in [6.07, 6.45) is 7.12. The van der Waals surface area contributed by atoms with E-state index in [0.29, 0.717) is 0 Å². The monoisotopic (exact) mass is 345 g/mol. The number of nitrogens with zero attached hydrogens (tertiary/aromatic N) is 1. The van der Waals surface area contributed by atoms with E-state index in [1.165, 1.54) is 12.8 Å². The van der Waals surface area contributed by atoms with Crippen molar-refractivity contribution < 1.29 is 9.59 Å². The summed E-state index contributed by atoms with van der Waals surface area (Å²) in [6.45, 7) is 6.28. The molecule has 2 rings (SSSR count). The van der Waals surface area contributed by atoms with E-state index in [2.05, 4.69) is 17.6 Å². The van der Waals surface area contributed by atoms with Crippen molar-refractivity contribution in [2.24, 2.45) is 11.8 Å². The molecule has 2 aliphatic heterocycles.